The van der Waals surface area contributed by atoms with Crippen LogP contribution in [0.15, 0.2) is 60.8 Å². The number of hydrogen-bond acceptors (Lipinski definition) is 4. The number of carbonyl (C=O) groups is 1. The van der Waals surface area contributed by atoms with Crippen molar-refractivity contribution in [3.05, 3.63) is 77.5 Å². The average Bonchev–Trinajstić information content (AvgIpc) is 2.85. The van der Waals surface area contributed by atoms with Crippen LogP contribution in [0, 0.1) is 0 Å². The number of rotatable bonds is 7. The smallest absolute Gasteiger partial charge is 0.255 e. The summed E-state index contributed by atoms with van der Waals surface area (Å²) in [6.07, 6.45) is 5.28. The Morgan fingerprint density at radius 3 is 2.48 bits per heavy atom. The minimum absolute atomic E-state index is 0.223. The number of nitrogens with zero attached hydrogens (tertiary/aromatic N) is 3. The van der Waals surface area contributed by atoms with Crippen molar-refractivity contribution in [2.24, 2.45) is 0 Å². The van der Waals surface area contributed by atoms with Crippen LogP contribution in [0.2, 0.25) is 0 Å². The highest BCUT2D eigenvalue weighted by atomic mass is 19.1. The highest BCUT2D eigenvalue weighted by Crippen LogP contribution is 2.28. The monoisotopic (exact) mass is 446 g/mol. The summed E-state index contributed by atoms with van der Waals surface area (Å²) in [6, 6.07) is 17.8. The Labute approximate surface area is 195 Å². The number of benzene rings is 2. The zero-order chi connectivity index (χ0) is 23.2. The molecule has 3 aromatic rings. The number of piperidine rings is 1. The van der Waals surface area contributed by atoms with Crippen molar-refractivity contribution in [1.29, 1.82) is 0 Å². The molecular formula is C27H31FN4O. The van der Waals surface area contributed by atoms with Gasteiger partial charge in [0, 0.05) is 31.8 Å². The number of halogens is 1. The molecule has 1 aliphatic rings. The maximum Gasteiger partial charge on any atom is 0.255 e. The molecule has 6 heteroatoms. The Hall–Kier alpha value is -3.25. The number of carbonyl (C=O) groups excluding carboxylic acids is 1. The van der Waals surface area contributed by atoms with Crippen LogP contribution in [0.25, 0.3) is 11.1 Å². The fraction of sp³-hybridized carbons (Fsp3) is 0.333. The molecule has 1 fully saturated rings. The van der Waals surface area contributed by atoms with Crippen LogP contribution in [-0.4, -0.2) is 43.0 Å². The highest BCUT2D eigenvalue weighted by Gasteiger charge is 2.17. The fourth-order valence-electron chi connectivity index (χ4n) is 4.40. The summed E-state index contributed by atoms with van der Waals surface area (Å²) in [6.45, 7) is 2.34. The molecule has 1 amide bonds. The van der Waals surface area contributed by atoms with Crippen LogP contribution in [0.5, 0.6) is 0 Å². The number of pyridine rings is 1. The lowest BCUT2D eigenvalue weighted by Gasteiger charge is -2.27. The number of aromatic nitrogens is 1. The van der Waals surface area contributed by atoms with Gasteiger partial charge < -0.3 is 10.2 Å². The molecule has 0 radical (unpaired) electrons. The molecule has 0 atom stereocenters. The van der Waals surface area contributed by atoms with Crippen LogP contribution in [0.4, 0.5) is 15.9 Å². The molecule has 0 bridgehead atoms. The number of alkyl halides is 1. The summed E-state index contributed by atoms with van der Waals surface area (Å²) in [7, 11) is 3.63. The molecule has 0 unspecified atom stereocenters. The van der Waals surface area contributed by atoms with Gasteiger partial charge in [-0.1, -0.05) is 42.8 Å². The summed E-state index contributed by atoms with van der Waals surface area (Å²) in [5.74, 6) is 0.338. The van der Waals surface area contributed by atoms with Crippen molar-refractivity contribution in [3.8, 4) is 11.1 Å². The molecule has 5 nitrogen and oxygen atoms in total. The molecule has 1 N–H and O–H groups in total. The maximum atomic E-state index is 13.5. The quantitative estimate of drug-likeness (QED) is 0.519. The number of likely N-dealkylation sites (tertiary alicyclic amines) is 1. The predicted octanol–water partition coefficient (Wildman–Crippen LogP) is 5.52. The van der Waals surface area contributed by atoms with Gasteiger partial charge in [0.15, 0.2) is 0 Å². The van der Waals surface area contributed by atoms with Crippen LogP contribution in [-0.2, 0) is 13.2 Å². The molecule has 1 aromatic heterocycles. The summed E-state index contributed by atoms with van der Waals surface area (Å²) in [4.78, 5) is 21.6. The third-order valence-corrected chi connectivity index (χ3v) is 6.06. The lowest BCUT2D eigenvalue weighted by Crippen LogP contribution is -2.29. The normalized spacial score (nSPS) is 14.2. The van der Waals surface area contributed by atoms with Crippen molar-refractivity contribution in [2.75, 3.05) is 37.4 Å². The van der Waals surface area contributed by atoms with Crippen molar-refractivity contribution in [2.45, 2.75) is 32.5 Å². The molecule has 1 aliphatic heterocycles. The first kappa shape index (κ1) is 22.9. The molecule has 2 heterocycles. The van der Waals surface area contributed by atoms with E-state index in [0.717, 1.165) is 36.3 Å². The first-order valence-corrected chi connectivity index (χ1v) is 11.5. The van der Waals surface area contributed by atoms with Gasteiger partial charge in [0.2, 0.25) is 0 Å². The number of amides is 1. The summed E-state index contributed by atoms with van der Waals surface area (Å²) in [5.41, 5.74) is 4.95. The minimum Gasteiger partial charge on any atom is -0.362 e. The molecule has 33 heavy (non-hydrogen) atoms. The van der Waals surface area contributed by atoms with E-state index in [-0.39, 0.29) is 5.91 Å². The van der Waals surface area contributed by atoms with Gasteiger partial charge in [-0.2, -0.15) is 0 Å². The third kappa shape index (κ3) is 5.57. The van der Waals surface area contributed by atoms with Gasteiger partial charge >= 0.3 is 0 Å². The van der Waals surface area contributed by atoms with Crippen LogP contribution >= 0.6 is 0 Å². The van der Waals surface area contributed by atoms with E-state index < -0.39 is 6.67 Å². The molecule has 0 spiro atoms. The number of nitrogens with one attached hydrogen (secondary N) is 1. The average molecular weight is 447 g/mol. The Kier molecular flexibility index (Phi) is 7.35. The lowest BCUT2D eigenvalue weighted by atomic mass is 9.96. The van der Waals surface area contributed by atoms with Gasteiger partial charge in [0.25, 0.3) is 5.91 Å². The summed E-state index contributed by atoms with van der Waals surface area (Å²) in [5, 5.41) is 2.89. The third-order valence-electron chi connectivity index (χ3n) is 6.06. The second kappa shape index (κ2) is 10.6. The fourth-order valence-corrected chi connectivity index (χ4v) is 4.40. The second-order valence-electron chi connectivity index (χ2n) is 8.76. The van der Waals surface area contributed by atoms with E-state index in [1.807, 2.05) is 50.5 Å². The van der Waals surface area contributed by atoms with Gasteiger partial charge in [-0.15, -0.1) is 0 Å². The zero-order valence-electron chi connectivity index (χ0n) is 19.4. The second-order valence-corrected chi connectivity index (χ2v) is 8.76. The SMILES string of the molecule is CN(C)c1ncc(NC(=O)c2ccc(-c3ccccc3)c(CN3CCCCC3)c2)cc1CF. The van der Waals surface area contributed by atoms with E-state index in [9.17, 15) is 9.18 Å². The largest absolute Gasteiger partial charge is 0.362 e. The van der Waals surface area contributed by atoms with Crippen LogP contribution < -0.4 is 10.2 Å². The first-order chi connectivity index (χ1) is 16.0. The van der Waals surface area contributed by atoms with Gasteiger partial charge in [0.05, 0.1) is 11.9 Å². The Morgan fingerprint density at radius 2 is 1.79 bits per heavy atom. The standard InChI is InChI=1S/C27H31FN4O/c1-31(2)26-22(17-28)16-24(18-29-26)30-27(33)21-11-12-25(20-9-5-3-6-10-20)23(15-21)19-32-13-7-4-8-14-32/h3,5-6,9-12,15-16,18H,4,7-8,13-14,17,19H2,1-2H3,(H,30,33). The molecule has 2 aromatic carbocycles. The zero-order valence-corrected chi connectivity index (χ0v) is 19.4. The Bertz CT molecular complexity index is 1090. The van der Waals surface area contributed by atoms with Crippen molar-refractivity contribution in [1.82, 2.24) is 9.88 Å². The van der Waals surface area contributed by atoms with Crippen LogP contribution in [0.3, 0.4) is 0 Å². The molecule has 0 aliphatic carbocycles. The van der Waals surface area contributed by atoms with Crippen molar-refractivity contribution < 1.29 is 9.18 Å². The minimum atomic E-state index is -0.643. The molecule has 1 saturated heterocycles. The van der Waals surface area contributed by atoms with Crippen molar-refractivity contribution >= 4 is 17.4 Å². The number of anilines is 2. The van der Waals surface area contributed by atoms with E-state index in [1.165, 1.54) is 19.3 Å². The van der Waals surface area contributed by atoms with E-state index in [2.05, 4.69) is 27.3 Å². The first-order valence-electron chi connectivity index (χ1n) is 11.5. The van der Waals surface area contributed by atoms with Gasteiger partial charge in [-0.05, 0) is 60.8 Å². The Balaban J connectivity index is 1.60. The molecule has 4 rings (SSSR count). The lowest BCUT2D eigenvalue weighted by molar-refractivity contribution is 0.102. The van der Waals surface area contributed by atoms with E-state index in [1.54, 1.807) is 17.2 Å². The van der Waals surface area contributed by atoms with E-state index >= 15 is 0 Å². The van der Waals surface area contributed by atoms with Gasteiger partial charge in [-0.3, -0.25) is 9.69 Å². The maximum absolute atomic E-state index is 13.5. The van der Waals surface area contributed by atoms with E-state index in [4.69, 9.17) is 0 Å². The predicted molar refractivity (Wildman–Crippen MR) is 132 cm³/mol. The molecule has 172 valence electrons. The van der Waals surface area contributed by atoms with E-state index in [0.29, 0.717) is 22.6 Å². The topological polar surface area (TPSA) is 48.5 Å². The van der Waals surface area contributed by atoms with Gasteiger partial charge in [-0.25, -0.2) is 9.37 Å². The van der Waals surface area contributed by atoms with Gasteiger partial charge in [0.1, 0.15) is 12.5 Å². The molecular weight excluding hydrogens is 415 g/mol. The molecule has 0 saturated carbocycles. The highest BCUT2D eigenvalue weighted by molar-refractivity contribution is 6.04. The Morgan fingerprint density at radius 1 is 1.03 bits per heavy atom. The van der Waals surface area contributed by atoms with Crippen LogP contribution in [0.1, 0.15) is 40.7 Å². The summed E-state index contributed by atoms with van der Waals surface area (Å²) >= 11 is 0. The summed E-state index contributed by atoms with van der Waals surface area (Å²) < 4.78 is 13.5. The number of hydrogen-bond donors (Lipinski definition) is 1. The van der Waals surface area contributed by atoms with Crippen molar-refractivity contribution in [3.63, 3.8) is 0 Å².